The predicted octanol–water partition coefficient (Wildman–Crippen LogP) is 2.46. The van der Waals surface area contributed by atoms with E-state index in [0.717, 1.165) is 0 Å². The van der Waals surface area contributed by atoms with Crippen molar-refractivity contribution in [1.82, 2.24) is 5.32 Å². The van der Waals surface area contributed by atoms with Gasteiger partial charge in [-0.25, -0.2) is 0 Å². The van der Waals surface area contributed by atoms with Gasteiger partial charge < -0.3 is 15.5 Å². The monoisotopic (exact) mass is 318 g/mol. The second-order valence-electron chi connectivity index (χ2n) is 4.84. The van der Waals surface area contributed by atoms with Gasteiger partial charge in [0, 0.05) is 11.1 Å². The van der Waals surface area contributed by atoms with Gasteiger partial charge >= 0.3 is 0 Å². The van der Waals surface area contributed by atoms with Gasteiger partial charge in [-0.2, -0.15) is 0 Å². The number of nitrogens with one attached hydrogen (secondary N) is 1. The van der Waals surface area contributed by atoms with Crippen molar-refractivity contribution in [2.24, 2.45) is 5.73 Å². The lowest BCUT2D eigenvalue weighted by Crippen LogP contribution is -2.52. The molecule has 1 heterocycles. The van der Waals surface area contributed by atoms with Crippen molar-refractivity contribution in [3.63, 3.8) is 0 Å². The summed E-state index contributed by atoms with van der Waals surface area (Å²) in [5.41, 5.74) is 4.59. The standard InChI is InChI=1S/C16H15ClN2O3/c1-16(15(18)21,11-4-2-5-12(17)10-11)19-14(20)8-7-13-6-3-9-22-13/h2-10H,1H3,(H2,18,21)(H,19,20)/b8-7+. The number of hydrogen-bond acceptors (Lipinski definition) is 3. The Bertz CT molecular complexity index is 710. The summed E-state index contributed by atoms with van der Waals surface area (Å²) in [6.07, 6.45) is 4.26. The normalized spacial score (nSPS) is 13.7. The van der Waals surface area contributed by atoms with E-state index in [4.69, 9.17) is 21.8 Å². The molecule has 0 spiro atoms. The van der Waals surface area contributed by atoms with Crippen molar-refractivity contribution in [3.05, 3.63) is 65.1 Å². The molecule has 0 fully saturated rings. The molecule has 0 radical (unpaired) electrons. The van der Waals surface area contributed by atoms with Gasteiger partial charge in [-0.05, 0) is 42.8 Å². The van der Waals surface area contributed by atoms with Crippen LogP contribution in [-0.2, 0) is 15.1 Å². The molecule has 2 amide bonds. The third kappa shape index (κ3) is 3.56. The van der Waals surface area contributed by atoms with Crippen molar-refractivity contribution < 1.29 is 14.0 Å². The van der Waals surface area contributed by atoms with Crippen molar-refractivity contribution in [2.75, 3.05) is 0 Å². The SMILES string of the molecule is CC(NC(=O)/C=C/c1ccco1)(C(N)=O)c1cccc(Cl)c1. The summed E-state index contributed by atoms with van der Waals surface area (Å²) < 4.78 is 5.09. The van der Waals surface area contributed by atoms with Crippen LogP contribution in [0.2, 0.25) is 5.02 Å². The van der Waals surface area contributed by atoms with E-state index in [2.05, 4.69) is 5.32 Å². The molecule has 3 N–H and O–H groups in total. The molecule has 0 saturated carbocycles. The highest BCUT2D eigenvalue weighted by Crippen LogP contribution is 2.23. The van der Waals surface area contributed by atoms with Crippen LogP contribution in [0.3, 0.4) is 0 Å². The highest BCUT2D eigenvalue weighted by atomic mass is 35.5. The number of hydrogen-bond donors (Lipinski definition) is 2. The zero-order valence-corrected chi connectivity index (χ0v) is 12.6. The molecule has 1 aromatic heterocycles. The first kappa shape index (κ1) is 15.9. The molecule has 1 atom stereocenters. The summed E-state index contributed by atoms with van der Waals surface area (Å²) in [4.78, 5) is 23.9. The first-order valence-electron chi connectivity index (χ1n) is 6.51. The quantitative estimate of drug-likeness (QED) is 0.830. The van der Waals surface area contributed by atoms with Crippen molar-refractivity contribution in [2.45, 2.75) is 12.5 Å². The van der Waals surface area contributed by atoms with Gasteiger partial charge in [-0.15, -0.1) is 0 Å². The van der Waals surface area contributed by atoms with Crippen LogP contribution in [0.5, 0.6) is 0 Å². The van der Waals surface area contributed by atoms with E-state index in [1.807, 2.05) is 0 Å². The van der Waals surface area contributed by atoms with Crippen LogP contribution in [0.1, 0.15) is 18.2 Å². The third-order valence-corrected chi connectivity index (χ3v) is 3.45. The molecule has 22 heavy (non-hydrogen) atoms. The molecule has 0 bridgehead atoms. The van der Waals surface area contributed by atoms with Crippen LogP contribution in [0.15, 0.2) is 53.2 Å². The Labute approximate surface area is 132 Å². The van der Waals surface area contributed by atoms with Gasteiger partial charge in [0.25, 0.3) is 0 Å². The maximum absolute atomic E-state index is 12.0. The summed E-state index contributed by atoms with van der Waals surface area (Å²) >= 11 is 5.93. The van der Waals surface area contributed by atoms with Gasteiger partial charge in [0.2, 0.25) is 11.8 Å². The molecule has 1 unspecified atom stereocenters. The van der Waals surface area contributed by atoms with Gasteiger partial charge in [-0.1, -0.05) is 23.7 Å². The molecule has 0 saturated heterocycles. The number of amides is 2. The average molecular weight is 319 g/mol. The van der Waals surface area contributed by atoms with E-state index in [1.54, 1.807) is 36.4 Å². The molecule has 0 aliphatic heterocycles. The lowest BCUT2D eigenvalue weighted by atomic mass is 9.91. The molecule has 1 aromatic carbocycles. The summed E-state index contributed by atoms with van der Waals surface area (Å²) in [6, 6.07) is 10.0. The number of halogens is 1. The number of carbonyl (C=O) groups excluding carboxylic acids is 2. The van der Waals surface area contributed by atoms with Gasteiger partial charge in [0.05, 0.1) is 6.26 Å². The topological polar surface area (TPSA) is 85.3 Å². The van der Waals surface area contributed by atoms with Gasteiger partial charge in [0.15, 0.2) is 0 Å². The molecule has 5 nitrogen and oxygen atoms in total. The van der Waals surface area contributed by atoms with Crippen LogP contribution >= 0.6 is 11.6 Å². The Morgan fingerprint density at radius 1 is 1.32 bits per heavy atom. The van der Waals surface area contributed by atoms with Crippen molar-refractivity contribution in [3.8, 4) is 0 Å². The molecule has 0 aliphatic rings. The second-order valence-corrected chi connectivity index (χ2v) is 5.27. The Morgan fingerprint density at radius 3 is 2.68 bits per heavy atom. The van der Waals surface area contributed by atoms with E-state index in [-0.39, 0.29) is 0 Å². The van der Waals surface area contributed by atoms with Gasteiger partial charge in [0.1, 0.15) is 11.3 Å². The molecule has 6 heteroatoms. The smallest absolute Gasteiger partial charge is 0.247 e. The molecule has 2 rings (SSSR count). The van der Waals surface area contributed by atoms with Crippen LogP contribution < -0.4 is 11.1 Å². The van der Waals surface area contributed by atoms with Crippen LogP contribution in [-0.4, -0.2) is 11.8 Å². The number of nitrogens with two attached hydrogens (primary N) is 1. The highest BCUT2D eigenvalue weighted by Gasteiger charge is 2.34. The van der Waals surface area contributed by atoms with Crippen LogP contribution in [0, 0.1) is 0 Å². The Morgan fingerprint density at radius 2 is 2.09 bits per heavy atom. The Hall–Kier alpha value is -2.53. The highest BCUT2D eigenvalue weighted by molar-refractivity contribution is 6.30. The first-order chi connectivity index (χ1) is 10.4. The number of carbonyl (C=O) groups is 2. The number of primary amides is 1. The van der Waals surface area contributed by atoms with E-state index >= 15 is 0 Å². The number of furan rings is 1. The van der Waals surface area contributed by atoms with E-state index in [9.17, 15) is 9.59 Å². The fraction of sp³-hybridized carbons (Fsp3) is 0.125. The van der Waals surface area contributed by atoms with Crippen LogP contribution in [0.4, 0.5) is 0 Å². The summed E-state index contributed by atoms with van der Waals surface area (Å²) in [7, 11) is 0. The summed E-state index contributed by atoms with van der Waals surface area (Å²) in [6.45, 7) is 1.53. The first-order valence-corrected chi connectivity index (χ1v) is 6.89. The Kier molecular flexibility index (Phi) is 4.68. The van der Waals surface area contributed by atoms with E-state index in [0.29, 0.717) is 16.3 Å². The zero-order chi connectivity index (χ0) is 16.2. The van der Waals surface area contributed by atoms with E-state index < -0.39 is 17.4 Å². The van der Waals surface area contributed by atoms with Crippen molar-refractivity contribution in [1.29, 1.82) is 0 Å². The summed E-state index contributed by atoms with van der Waals surface area (Å²) in [5.74, 6) is -0.633. The number of rotatable bonds is 5. The summed E-state index contributed by atoms with van der Waals surface area (Å²) in [5, 5.41) is 3.05. The van der Waals surface area contributed by atoms with Crippen LogP contribution in [0.25, 0.3) is 6.08 Å². The molecule has 2 aromatic rings. The molecule has 0 aliphatic carbocycles. The fourth-order valence-corrected chi connectivity index (χ4v) is 2.10. The maximum Gasteiger partial charge on any atom is 0.247 e. The lowest BCUT2D eigenvalue weighted by Gasteiger charge is -2.27. The molecule has 114 valence electrons. The van der Waals surface area contributed by atoms with E-state index in [1.165, 1.54) is 25.3 Å². The minimum absolute atomic E-state index is 0.449. The maximum atomic E-state index is 12.0. The minimum Gasteiger partial charge on any atom is -0.465 e. The second kappa shape index (κ2) is 6.49. The average Bonchev–Trinajstić information content (AvgIpc) is 2.98. The largest absolute Gasteiger partial charge is 0.465 e. The molecular weight excluding hydrogens is 304 g/mol. The van der Waals surface area contributed by atoms with Crippen molar-refractivity contribution >= 4 is 29.5 Å². The number of benzene rings is 1. The minimum atomic E-state index is -1.37. The lowest BCUT2D eigenvalue weighted by molar-refractivity contribution is -0.129. The third-order valence-electron chi connectivity index (χ3n) is 3.21. The van der Waals surface area contributed by atoms with Gasteiger partial charge in [-0.3, -0.25) is 9.59 Å². The zero-order valence-electron chi connectivity index (χ0n) is 11.9. The fourth-order valence-electron chi connectivity index (χ4n) is 1.91. The predicted molar refractivity (Wildman–Crippen MR) is 83.9 cm³/mol. The molecular formula is C16H15ClN2O3. The Balaban J connectivity index is 2.21.